The highest BCUT2D eigenvalue weighted by Crippen LogP contribution is 2.25. The second kappa shape index (κ2) is 23.3. The summed E-state index contributed by atoms with van der Waals surface area (Å²) in [5.74, 6) is -0.167. The molecule has 18 nitrogen and oxygen atoms in total. The lowest BCUT2D eigenvalue weighted by Gasteiger charge is -2.21. The summed E-state index contributed by atoms with van der Waals surface area (Å²) in [4.78, 5) is 26.4. The van der Waals surface area contributed by atoms with Gasteiger partial charge in [0.25, 0.3) is 0 Å². The van der Waals surface area contributed by atoms with E-state index in [1.54, 1.807) is 0 Å². The zero-order chi connectivity index (χ0) is 46.9. The fourth-order valence-corrected chi connectivity index (χ4v) is 6.77. The van der Waals surface area contributed by atoms with E-state index in [0.29, 0.717) is 22.3 Å². The molecule has 0 aliphatic heterocycles. The number of anilines is 2. The fourth-order valence-electron chi connectivity index (χ4n) is 5.83. The standard InChI is InChI=1S/2C14H17NO2.C12H10O6S2.2CH5N3/c2*1-4-15(5-2)11-6-7-12-10(3)8-14(16)17-13(12)9-11;13-19(14,15)11-5-1-9(2-6-11)10-3-7-12(8-4-10)20(16,17)18;2*2-1(3)4/h2*6-9H,4-5H2,1-3H3;1-8H,(H,13,14,15)(H,16,17,18);2*(H5,2,3,4). The van der Waals surface area contributed by atoms with Crippen LogP contribution >= 0.6 is 0 Å². The lowest BCUT2D eigenvalue weighted by atomic mass is 10.1. The van der Waals surface area contributed by atoms with Crippen molar-refractivity contribution in [3.8, 4) is 11.1 Å². The quantitative estimate of drug-likeness (QED) is 0.0512. The van der Waals surface area contributed by atoms with Crippen molar-refractivity contribution in [1.82, 2.24) is 0 Å². The Balaban J connectivity index is 0.000000295. The fraction of sp³-hybridized carbons (Fsp3) is 0.238. The molecule has 0 aliphatic rings. The number of hydrogen-bond acceptors (Lipinski definition) is 12. The topological polar surface area (TPSA) is 337 Å². The minimum atomic E-state index is -4.50. The summed E-state index contributed by atoms with van der Waals surface area (Å²) in [6.45, 7) is 16.1. The number of guanidine groups is 2. The second-order valence-electron chi connectivity index (χ2n) is 13.2. The number of hydrogen-bond donors (Lipinski definition) is 6. The molecule has 0 fully saturated rings. The van der Waals surface area contributed by atoms with Gasteiger partial charge in [0.2, 0.25) is 0 Å². The molecular formula is C42H54N8O10S2. The van der Waals surface area contributed by atoms with Gasteiger partial charge in [0.15, 0.2) is 0 Å². The van der Waals surface area contributed by atoms with Gasteiger partial charge >= 0.3 is 23.2 Å². The summed E-state index contributed by atoms with van der Waals surface area (Å²) in [5, 5.41) is 11.2. The minimum Gasteiger partial charge on any atom is -0.744 e. The Bertz CT molecular complexity index is 2590. The number of aryl methyl sites for hydroxylation is 2. The van der Waals surface area contributed by atoms with E-state index in [4.69, 9.17) is 8.83 Å². The number of nitrogens with zero attached hydrogens (tertiary/aromatic N) is 2. The Labute approximate surface area is 360 Å². The van der Waals surface area contributed by atoms with Crippen LogP contribution in [0.1, 0.15) is 38.8 Å². The van der Waals surface area contributed by atoms with Crippen LogP contribution in [0.2, 0.25) is 0 Å². The van der Waals surface area contributed by atoms with Gasteiger partial charge in [-0.3, -0.25) is 33.8 Å². The minimum absolute atomic E-state index is 0.0833. The van der Waals surface area contributed by atoms with Crippen molar-refractivity contribution in [2.45, 2.75) is 51.3 Å². The van der Waals surface area contributed by atoms with Crippen LogP contribution in [0.3, 0.4) is 0 Å². The molecule has 4 aromatic carbocycles. The monoisotopic (exact) mass is 894 g/mol. The van der Waals surface area contributed by atoms with Gasteiger partial charge in [0.1, 0.15) is 31.4 Å². The van der Waals surface area contributed by atoms with Crippen LogP contribution in [0.4, 0.5) is 11.4 Å². The van der Waals surface area contributed by atoms with E-state index >= 15 is 0 Å². The smallest absolute Gasteiger partial charge is 0.336 e. The predicted octanol–water partition coefficient (Wildman–Crippen LogP) is 1.09. The molecule has 20 heteroatoms. The van der Waals surface area contributed by atoms with Crippen LogP contribution in [0, 0.1) is 13.8 Å². The van der Waals surface area contributed by atoms with Gasteiger partial charge < -0.3 is 27.7 Å². The van der Waals surface area contributed by atoms with Crippen molar-refractivity contribution in [2.75, 3.05) is 36.0 Å². The molecular weight excluding hydrogens is 841 g/mol. The third kappa shape index (κ3) is 16.0. The average Bonchev–Trinajstić information content (AvgIpc) is 3.18. The number of rotatable bonds is 9. The van der Waals surface area contributed by atoms with E-state index in [2.05, 4.69) is 83.4 Å². The van der Waals surface area contributed by atoms with E-state index in [0.717, 1.165) is 83.7 Å². The van der Waals surface area contributed by atoms with E-state index in [-0.39, 0.29) is 33.0 Å². The Morgan fingerprint density at radius 1 is 0.532 bits per heavy atom. The first kappa shape index (κ1) is 51.4. The highest BCUT2D eigenvalue weighted by atomic mass is 32.2. The molecule has 0 bridgehead atoms. The highest BCUT2D eigenvalue weighted by molar-refractivity contribution is 7.86. The van der Waals surface area contributed by atoms with Crippen molar-refractivity contribution >= 4 is 65.5 Å². The Morgan fingerprint density at radius 2 is 0.806 bits per heavy atom. The molecule has 0 saturated carbocycles. The molecule has 6 rings (SSSR count). The first-order valence-corrected chi connectivity index (χ1v) is 21.7. The van der Waals surface area contributed by atoms with Crippen molar-refractivity contribution in [3.05, 3.63) is 129 Å². The van der Waals surface area contributed by atoms with Crippen LogP contribution in [0.15, 0.2) is 125 Å². The summed E-state index contributed by atoms with van der Waals surface area (Å²) in [7, 11) is -9.00. The van der Waals surface area contributed by atoms with Crippen LogP contribution < -0.4 is 54.8 Å². The van der Waals surface area contributed by atoms with E-state index in [1.165, 1.54) is 36.4 Å². The normalized spacial score (nSPS) is 10.6. The van der Waals surface area contributed by atoms with Gasteiger partial charge in [0.05, 0.1) is 9.79 Å². The van der Waals surface area contributed by atoms with Gasteiger partial charge in [-0.1, -0.05) is 24.3 Å². The molecule has 0 saturated heterocycles. The third-order valence-corrected chi connectivity index (χ3v) is 10.4. The zero-order valence-electron chi connectivity index (χ0n) is 35.3. The highest BCUT2D eigenvalue weighted by Gasteiger charge is 2.09. The maximum Gasteiger partial charge on any atom is 0.336 e. The Kier molecular flexibility index (Phi) is 19.3. The van der Waals surface area contributed by atoms with Crippen LogP contribution in [0.25, 0.3) is 33.1 Å². The molecule has 0 atom stereocenters. The predicted molar refractivity (Wildman–Crippen MR) is 240 cm³/mol. The SMILES string of the molecule is CCN(CC)c1ccc2c(C)cc(=O)oc2c1.CCN(CC)c1ccc2c(C)cc(=O)oc2c1.NC(N)=[NH2+].NC(N)=[NH2+].O=S(=O)([O-])c1ccc(-c2ccc(S(=O)(=O)[O-])cc2)cc1. The molecule has 334 valence electrons. The summed E-state index contributed by atoms with van der Waals surface area (Å²) in [5.41, 5.74) is 24.4. The van der Waals surface area contributed by atoms with Gasteiger partial charge in [-0.15, -0.1) is 0 Å². The van der Waals surface area contributed by atoms with Gasteiger partial charge in [0, 0.05) is 72.6 Å². The molecule has 2 aromatic heterocycles. The second-order valence-corrected chi connectivity index (χ2v) is 15.9. The molecule has 0 aliphatic carbocycles. The van der Waals surface area contributed by atoms with E-state index in [1.807, 2.05) is 38.1 Å². The third-order valence-electron chi connectivity index (χ3n) is 8.75. The molecule has 0 radical (unpaired) electrons. The molecule has 12 N–H and O–H groups in total. The van der Waals surface area contributed by atoms with E-state index < -0.39 is 20.2 Å². The van der Waals surface area contributed by atoms with Gasteiger partial charge in [-0.2, -0.15) is 0 Å². The zero-order valence-corrected chi connectivity index (χ0v) is 37.0. The Hall–Kier alpha value is -6.74. The number of fused-ring (bicyclic) bond motifs is 2. The molecule has 0 spiro atoms. The summed E-state index contributed by atoms with van der Waals surface area (Å²) >= 11 is 0. The molecule has 2 heterocycles. The molecule has 62 heavy (non-hydrogen) atoms. The first-order chi connectivity index (χ1) is 28.9. The first-order valence-electron chi connectivity index (χ1n) is 18.9. The van der Waals surface area contributed by atoms with Gasteiger partial charge in [-0.05, 0) is 112 Å². The van der Waals surface area contributed by atoms with Crippen molar-refractivity contribution in [3.63, 3.8) is 0 Å². The van der Waals surface area contributed by atoms with Gasteiger partial charge in [-0.25, -0.2) is 26.4 Å². The van der Waals surface area contributed by atoms with Crippen molar-refractivity contribution in [1.29, 1.82) is 0 Å². The maximum atomic E-state index is 11.3. The van der Waals surface area contributed by atoms with Crippen LogP contribution in [-0.4, -0.2) is 64.0 Å². The van der Waals surface area contributed by atoms with E-state index in [9.17, 15) is 35.5 Å². The van der Waals surface area contributed by atoms with Crippen molar-refractivity contribution < 1.29 is 45.6 Å². The maximum absolute atomic E-state index is 11.3. The van der Waals surface area contributed by atoms with Crippen LogP contribution in [0.5, 0.6) is 0 Å². The number of benzene rings is 4. The largest absolute Gasteiger partial charge is 0.744 e. The molecule has 0 amide bonds. The lowest BCUT2D eigenvalue weighted by molar-refractivity contribution is -0.117. The Morgan fingerprint density at radius 3 is 1.05 bits per heavy atom. The summed E-state index contributed by atoms with van der Waals surface area (Å²) in [6, 6.07) is 25.4. The summed E-state index contributed by atoms with van der Waals surface area (Å²) < 4.78 is 75.2. The van der Waals surface area contributed by atoms with Crippen molar-refractivity contribution in [2.24, 2.45) is 22.9 Å². The van der Waals surface area contributed by atoms with Crippen LogP contribution in [-0.2, 0) is 20.2 Å². The number of nitrogens with two attached hydrogens (primary N) is 6. The lowest BCUT2D eigenvalue weighted by Crippen LogP contribution is -2.51. The molecule has 6 aromatic rings. The summed E-state index contributed by atoms with van der Waals surface area (Å²) in [6.07, 6.45) is 0. The average molecular weight is 895 g/mol. The molecule has 0 unspecified atom stereocenters.